The highest BCUT2D eigenvalue weighted by atomic mass is 16.3. The summed E-state index contributed by atoms with van der Waals surface area (Å²) in [6.07, 6.45) is 4.47. The Kier molecular flexibility index (Phi) is 4.95. The second kappa shape index (κ2) is 6.70. The minimum Gasteiger partial charge on any atom is -0.394 e. The standard InChI is InChI=1S/C15H23N3O2/c1-3-6-16-14-8-11(2)17-9-13(14)15(20)18-7-4-5-12(18)10-19/h8-9,12,19H,3-7,10H2,1-2H3,(H,16,17). The van der Waals surface area contributed by atoms with Crippen LogP contribution in [0, 0.1) is 6.92 Å². The van der Waals surface area contributed by atoms with Gasteiger partial charge in [-0.15, -0.1) is 0 Å². The number of aliphatic hydroxyl groups is 1. The van der Waals surface area contributed by atoms with Crippen LogP contribution in [0.2, 0.25) is 0 Å². The molecule has 5 heteroatoms. The van der Waals surface area contributed by atoms with Gasteiger partial charge in [0.1, 0.15) is 0 Å². The van der Waals surface area contributed by atoms with E-state index in [1.807, 2.05) is 13.0 Å². The third kappa shape index (κ3) is 3.10. The highest BCUT2D eigenvalue weighted by Gasteiger charge is 2.30. The van der Waals surface area contributed by atoms with Crippen molar-refractivity contribution in [3.05, 3.63) is 23.5 Å². The lowest BCUT2D eigenvalue weighted by atomic mass is 10.1. The molecule has 0 spiro atoms. The predicted molar refractivity (Wildman–Crippen MR) is 78.9 cm³/mol. The molecular weight excluding hydrogens is 254 g/mol. The van der Waals surface area contributed by atoms with Crippen molar-refractivity contribution < 1.29 is 9.90 Å². The molecule has 20 heavy (non-hydrogen) atoms. The molecular formula is C15H23N3O2. The van der Waals surface area contributed by atoms with Crippen molar-refractivity contribution in [1.29, 1.82) is 0 Å². The molecule has 1 aromatic rings. The molecule has 1 aliphatic heterocycles. The summed E-state index contributed by atoms with van der Waals surface area (Å²) in [6, 6.07) is 1.86. The second-order valence-corrected chi connectivity index (χ2v) is 5.28. The SMILES string of the molecule is CCCNc1cc(C)ncc1C(=O)N1CCCC1CO. The third-order valence-corrected chi connectivity index (χ3v) is 3.69. The third-order valence-electron chi connectivity index (χ3n) is 3.69. The fourth-order valence-corrected chi connectivity index (χ4v) is 2.58. The van der Waals surface area contributed by atoms with Crippen LogP contribution in [0.4, 0.5) is 5.69 Å². The van der Waals surface area contributed by atoms with Crippen LogP contribution in [0.25, 0.3) is 0 Å². The van der Waals surface area contributed by atoms with Crippen LogP contribution in [0.1, 0.15) is 42.2 Å². The smallest absolute Gasteiger partial charge is 0.257 e. The Morgan fingerprint density at radius 1 is 1.60 bits per heavy atom. The van der Waals surface area contributed by atoms with Crippen molar-refractivity contribution in [2.45, 2.75) is 39.2 Å². The molecule has 0 radical (unpaired) electrons. The second-order valence-electron chi connectivity index (χ2n) is 5.28. The molecule has 2 rings (SSSR count). The molecule has 1 atom stereocenters. The van der Waals surface area contributed by atoms with Gasteiger partial charge in [-0.2, -0.15) is 0 Å². The van der Waals surface area contributed by atoms with Gasteiger partial charge in [-0.05, 0) is 32.3 Å². The van der Waals surface area contributed by atoms with E-state index in [2.05, 4.69) is 17.2 Å². The quantitative estimate of drug-likeness (QED) is 0.861. The Bertz CT molecular complexity index is 476. The molecule has 2 heterocycles. The van der Waals surface area contributed by atoms with Crippen molar-refractivity contribution >= 4 is 11.6 Å². The fraction of sp³-hybridized carbons (Fsp3) is 0.600. The number of rotatable bonds is 5. The number of amides is 1. The monoisotopic (exact) mass is 277 g/mol. The summed E-state index contributed by atoms with van der Waals surface area (Å²) in [7, 11) is 0. The average molecular weight is 277 g/mol. The number of nitrogens with one attached hydrogen (secondary N) is 1. The van der Waals surface area contributed by atoms with Crippen LogP contribution in [0.15, 0.2) is 12.3 Å². The van der Waals surface area contributed by atoms with Gasteiger partial charge in [0.25, 0.3) is 5.91 Å². The zero-order valence-electron chi connectivity index (χ0n) is 12.2. The van der Waals surface area contributed by atoms with Gasteiger partial charge in [0.05, 0.1) is 23.9 Å². The molecule has 0 aliphatic carbocycles. The van der Waals surface area contributed by atoms with Crippen molar-refractivity contribution in [2.75, 3.05) is 25.0 Å². The maximum absolute atomic E-state index is 12.6. The summed E-state index contributed by atoms with van der Waals surface area (Å²) < 4.78 is 0. The largest absolute Gasteiger partial charge is 0.394 e. The first-order chi connectivity index (χ1) is 9.67. The van der Waals surface area contributed by atoms with Gasteiger partial charge < -0.3 is 15.3 Å². The molecule has 0 aromatic carbocycles. The number of carbonyl (C=O) groups excluding carboxylic acids is 1. The van der Waals surface area contributed by atoms with Gasteiger partial charge in [-0.25, -0.2) is 0 Å². The number of nitrogens with zero attached hydrogens (tertiary/aromatic N) is 2. The first-order valence-corrected chi connectivity index (χ1v) is 7.29. The summed E-state index contributed by atoms with van der Waals surface area (Å²) in [4.78, 5) is 18.7. The van der Waals surface area contributed by atoms with Gasteiger partial charge in [-0.3, -0.25) is 9.78 Å². The predicted octanol–water partition coefficient (Wildman–Crippen LogP) is 1.81. The van der Waals surface area contributed by atoms with Gasteiger partial charge in [0.15, 0.2) is 0 Å². The number of hydrogen-bond acceptors (Lipinski definition) is 4. The average Bonchev–Trinajstić information content (AvgIpc) is 2.93. The van der Waals surface area contributed by atoms with Crippen molar-refractivity contribution in [2.24, 2.45) is 0 Å². The van der Waals surface area contributed by atoms with Crippen LogP contribution < -0.4 is 5.32 Å². The number of anilines is 1. The van der Waals surface area contributed by atoms with Gasteiger partial charge >= 0.3 is 0 Å². The molecule has 0 bridgehead atoms. The van der Waals surface area contributed by atoms with E-state index >= 15 is 0 Å². The Labute approximate surface area is 120 Å². The van der Waals surface area contributed by atoms with Crippen molar-refractivity contribution in [1.82, 2.24) is 9.88 Å². The lowest BCUT2D eigenvalue weighted by Gasteiger charge is -2.24. The summed E-state index contributed by atoms with van der Waals surface area (Å²) in [6.45, 7) is 5.57. The first-order valence-electron chi connectivity index (χ1n) is 7.29. The summed E-state index contributed by atoms with van der Waals surface area (Å²) in [5, 5.41) is 12.7. The minimum absolute atomic E-state index is 0.0305. The molecule has 1 amide bonds. The zero-order valence-corrected chi connectivity index (χ0v) is 12.2. The number of aromatic nitrogens is 1. The van der Waals surface area contributed by atoms with Crippen molar-refractivity contribution in [3.8, 4) is 0 Å². The van der Waals surface area contributed by atoms with Crippen LogP contribution in [-0.4, -0.2) is 46.6 Å². The van der Waals surface area contributed by atoms with E-state index in [-0.39, 0.29) is 18.6 Å². The van der Waals surface area contributed by atoms with E-state index in [1.165, 1.54) is 0 Å². The van der Waals surface area contributed by atoms with Gasteiger partial charge in [0, 0.05) is 25.0 Å². The molecule has 1 aromatic heterocycles. The lowest BCUT2D eigenvalue weighted by Crippen LogP contribution is -2.38. The van der Waals surface area contributed by atoms with Crippen LogP contribution in [0.5, 0.6) is 0 Å². The van der Waals surface area contributed by atoms with Crippen LogP contribution in [0.3, 0.4) is 0 Å². The maximum Gasteiger partial charge on any atom is 0.257 e. The molecule has 110 valence electrons. The van der Waals surface area contributed by atoms with Crippen LogP contribution >= 0.6 is 0 Å². The molecule has 2 N–H and O–H groups in total. The van der Waals surface area contributed by atoms with Gasteiger partial charge in [0.2, 0.25) is 0 Å². The molecule has 0 saturated carbocycles. The molecule has 1 unspecified atom stereocenters. The normalized spacial score (nSPS) is 18.4. The Morgan fingerprint density at radius 2 is 2.40 bits per heavy atom. The summed E-state index contributed by atoms with van der Waals surface area (Å²) in [5.41, 5.74) is 2.33. The highest BCUT2D eigenvalue weighted by Crippen LogP contribution is 2.23. The fourth-order valence-electron chi connectivity index (χ4n) is 2.58. The van der Waals surface area contributed by atoms with E-state index in [4.69, 9.17) is 0 Å². The number of aliphatic hydroxyl groups excluding tert-OH is 1. The number of pyridine rings is 1. The van der Waals surface area contributed by atoms with Crippen LogP contribution in [-0.2, 0) is 0 Å². The Balaban J connectivity index is 2.24. The van der Waals surface area contributed by atoms with Crippen molar-refractivity contribution in [3.63, 3.8) is 0 Å². The number of carbonyl (C=O) groups is 1. The first kappa shape index (κ1) is 14.8. The van der Waals surface area contributed by atoms with Gasteiger partial charge in [-0.1, -0.05) is 6.92 Å². The van der Waals surface area contributed by atoms with E-state index in [0.717, 1.165) is 37.2 Å². The van der Waals surface area contributed by atoms with E-state index in [0.29, 0.717) is 12.1 Å². The minimum atomic E-state index is -0.0529. The Morgan fingerprint density at radius 3 is 3.10 bits per heavy atom. The summed E-state index contributed by atoms with van der Waals surface area (Å²) in [5.74, 6) is -0.0346. The Hall–Kier alpha value is -1.62. The summed E-state index contributed by atoms with van der Waals surface area (Å²) >= 11 is 0. The van der Waals surface area contributed by atoms with E-state index < -0.39 is 0 Å². The zero-order chi connectivity index (χ0) is 14.5. The topological polar surface area (TPSA) is 65.5 Å². The lowest BCUT2D eigenvalue weighted by molar-refractivity contribution is 0.0678. The highest BCUT2D eigenvalue weighted by molar-refractivity contribution is 5.99. The number of hydrogen-bond donors (Lipinski definition) is 2. The molecule has 1 aliphatic rings. The van der Waals surface area contributed by atoms with E-state index in [1.54, 1.807) is 11.1 Å². The molecule has 1 saturated heterocycles. The molecule has 5 nitrogen and oxygen atoms in total. The van der Waals surface area contributed by atoms with E-state index in [9.17, 15) is 9.90 Å². The molecule has 1 fully saturated rings. The maximum atomic E-state index is 12.6. The number of likely N-dealkylation sites (tertiary alicyclic amines) is 1. The number of aryl methyl sites for hydroxylation is 1.